The number of guanidine groups is 1. The van der Waals surface area contributed by atoms with Crippen molar-refractivity contribution < 1.29 is 31.1 Å². The minimum atomic E-state index is -4.57. The molecule has 6 nitrogen and oxygen atoms in total. The molecule has 1 fully saturated rings. The lowest BCUT2D eigenvalue weighted by Crippen LogP contribution is -2.57. The Bertz CT molecular complexity index is 686. The van der Waals surface area contributed by atoms with Crippen molar-refractivity contribution in [2.45, 2.75) is 25.3 Å². The van der Waals surface area contributed by atoms with Crippen LogP contribution in [0, 0.1) is 0 Å². The average Bonchev–Trinajstić information content (AvgIpc) is 2.66. The van der Waals surface area contributed by atoms with Crippen molar-refractivity contribution in [1.29, 1.82) is 0 Å². The molecular weight excluding hydrogens is 404 g/mol. The Kier molecular flexibility index (Phi) is 7.55. The molecule has 0 bridgehead atoms. The highest BCUT2D eigenvalue weighted by molar-refractivity contribution is 5.80. The number of nitrogens with zero attached hydrogens (tertiary/aromatic N) is 4. The molecule has 2 rings (SSSR count). The fraction of sp³-hybridized carbons (Fsp3) is 0.647. The number of aliphatic imine (C=N–C) groups is 1. The predicted octanol–water partition coefficient (Wildman–Crippen LogP) is 2.62. The molecule has 1 aromatic rings. The Balaban J connectivity index is 1.81. The van der Waals surface area contributed by atoms with Crippen LogP contribution < -0.4 is 10.1 Å². The molecule has 1 aliphatic rings. The molecule has 1 aliphatic heterocycles. The van der Waals surface area contributed by atoms with Crippen LogP contribution in [0.15, 0.2) is 23.3 Å². The van der Waals surface area contributed by atoms with Crippen LogP contribution in [0.5, 0.6) is 5.88 Å². The number of hydrogen-bond acceptors (Lipinski definition) is 4. The first kappa shape index (κ1) is 23.0. The standard InChI is InChI=1S/C17H23F6N5O/c1-12(16(18,19)20)27-7-9-28(10-8-27)15(24-2)26-6-11-29-14-13(17(21,22)23)4-3-5-25-14/h3-5,12H,6-11H2,1-2H3,(H,24,26). The van der Waals surface area contributed by atoms with Gasteiger partial charge >= 0.3 is 12.4 Å². The van der Waals surface area contributed by atoms with Gasteiger partial charge in [-0.25, -0.2) is 4.98 Å². The number of aromatic nitrogens is 1. The highest BCUT2D eigenvalue weighted by Gasteiger charge is 2.41. The molecule has 2 heterocycles. The van der Waals surface area contributed by atoms with E-state index < -0.39 is 29.8 Å². The topological polar surface area (TPSA) is 53.0 Å². The maximum absolute atomic E-state index is 12.9. The molecule has 164 valence electrons. The minimum Gasteiger partial charge on any atom is -0.475 e. The van der Waals surface area contributed by atoms with Crippen molar-refractivity contribution in [3.63, 3.8) is 0 Å². The normalized spacial score (nSPS) is 17.9. The fourth-order valence-corrected chi connectivity index (χ4v) is 2.89. The highest BCUT2D eigenvalue weighted by atomic mass is 19.4. The van der Waals surface area contributed by atoms with Crippen molar-refractivity contribution in [2.24, 2.45) is 4.99 Å². The van der Waals surface area contributed by atoms with Gasteiger partial charge in [-0.05, 0) is 19.1 Å². The largest absolute Gasteiger partial charge is 0.475 e. The van der Waals surface area contributed by atoms with Gasteiger partial charge in [-0.1, -0.05) is 0 Å². The summed E-state index contributed by atoms with van der Waals surface area (Å²) < 4.78 is 82.3. The number of alkyl halides is 6. The van der Waals surface area contributed by atoms with Crippen molar-refractivity contribution in [3.05, 3.63) is 23.9 Å². The zero-order valence-corrected chi connectivity index (χ0v) is 16.0. The van der Waals surface area contributed by atoms with Crippen LogP contribution in [-0.2, 0) is 6.18 Å². The maximum atomic E-state index is 12.9. The number of rotatable bonds is 5. The molecule has 0 amide bonds. The quantitative estimate of drug-likeness (QED) is 0.339. The van der Waals surface area contributed by atoms with Crippen molar-refractivity contribution in [3.8, 4) is 5.88 Å². The van der Waals surface area contributed by atoms with E-state index in [4.69, 9.17) is 4.74 Å². The van der Waals surface area contributed by atoms with E-state index in [-0.39, 0.29) is 26.2 Å². The minimum absolute atomic E-state index is 0.0931. The fourth-order valence-electron chi connectivity index (χ4n) is 2.89. The number of nitrogens with one attached hydrogen (secondary N) is 1. The van der Waals surface area contributed by atoms with E-state index in [1.165, 1.54) is 24.2 Å². The average molecular weight is 427 g/mol. The van der Waals surface area contributed by atoms with Crippen LogP contribution in [0.4, 0.5) is 26.3 Å². The molecule has 12 heteroatoms. The second kappa shape index (κ2) is 9.51. The summed E-state index contributed by atoms with van der Waals surface area (Å²) in [5, 5.41) is 2.94. The molecular formula is C17H23F6N5O. The van der Waals surface area contributed by atoms with Crippen LogP contribution >= 0.6 is 0 Å². The van der Waals surface area contributed by atoms with Gasteiger partial charge in [-0.2, -0.15) is 26.3 Å². The van der Waals surface area contributed by atoms with Crippen molar-refractivity contribution in [1.82, 2.24) is 20.1 Å². The molecule has 1 unspecified atom stereocenters. The number of ether oxygens (including phenoxy) is 1. The highest BCUT2D eigenvalue weighted by Crippen LogP contribution is 2.34. The second-order valence-corrected chi connectivity index (χ2v) is 6.42. The van der Waals surface area contributed by atoms with Gasteiger partial charge in [0.2, 0.25) is 5.88 Å². The van der Waals surface area contributed by atoms with E-state index in [9.17, 15) is 26.3 Å². The first-order valence-corrected chi connectivity index (χ1v) is 8.95. The zero-order chi connectivity index (χ0) is 21.7. The van der Waals surface area contributed by atoms with E-state index in [0.717, 1.165) is 13.0 Å². The molecule has 0 aliphatic carbocycles. The summed E-state index contributed by atoms with van der Waals surface area (Å²) in [6.45, 7) is 2.33. The van der Waals surface area contributed by atoms with Gasteiger partial charge in [0.1, 0.15) is 18.2 Å². The Morgan fingerprint density at radius 3 is 2.41 bits per heavy atom. The van der Waals surface area contributed by atoms with E-state index in [0.29, 0.717) is 19.0 Å². The molecule has 29 heavy (non-hydrogen) atoms. The maximum Gasteiger partial charge on any atom is 0.421 e. The molecule has 1 aromatic heterocycles. The first-order valence-electron chi connectivity index (χ1n) is 8.95. The summed E-state index contributed by atoms with van der Waals surface area (Å²) >= 11 is 0. The lowest BCUT2D eigenvalue weighted by Gasteiger charge is -2.39. The molecule has 0 spiro atoms. The van der Waals surface area contributed by atoms with E-state index in [1.807, 2.05) is 0 Å². The summed E-state index contributed by atoms with van der Waals surface area (Å²) in [6.07, 6.45) is -7.64. The van der Waals surface area contributed by atoms with Crippen LogP contribution in [0.1, 0.15) is 12.5 Å². The molecule has 0 aromatic carbocycles. The van der Waals surface area contributed by atoms with Crippen LogP contribution in [0.25, 0.3) is 0 Å². The van der Waals surface area contributed by atoms with Gasteiger partial charge in [0.05, 0.1) is 6.54 Å². The Labute approximate surface area is 164 Å². The molecule has 1 saturated heterocycles. The van der Waals surface area contributed by atoms with E-state index in [2.05, 4.69) is 15.3 Å². The molecule has 1 atom stereocenters. The van der Waals surface area contributed by atoms with Gasteiger partial charge in [-0.3, -0.25) is 9.89 Å². The summed E-state index contributed by atoms with van der Waals surface area (Å²) in [5.74, 6) is -0.0588. The summed E-state index contributed by atoms with van der Waals surface area (Å²) in [6, 6.07) is 0.541. The van der Waals surface area contributed by atoms with Gasteiger partial charge < -0.3 is 15.0 Å². The summed E-state index contributed by atoms with van der Waals surface area (Å²) in [4.78, 5) is 10.8. The van der Waals surface area contributed by atoms with Crippen molar-refractivity contribution >= 4 is 5.96 Å². The number of piperazine rings is 1. The molecule has 0 saturated carbocycles. The van der Waals surface area contributed by atoms with Crippen molar-refractivity contribution in [2.75, 3.05) is 46.4 Å². The third-order valence-corrected chi connectivity index (χ3v) is 4.55. The zero-order valence-electron chi connectivity index (χ0n) is 16.0. The SMILES string of the molecule is CN=C(NCCOc1ncccc1C(F)(F)F)N1CCN(C(C)C(F)(F)F)CC1. The Hall–Kier alpha value is -2.24. The first-order chi connectivity index (χ1) is 13.5. The summed E-state index contributed by atoms with van der Waals surface area (Å²) in [7, 11) is 1.52. The Morgan fingerprint density at radius 2 is 1.86 bits per heavy atom. The smallest absolute Gasteiger partial charge is 0.421 e. The number of halogens is 6. The van der Waals surface area contributed by atoms with Crippen LogP contribution in [0.3, 0.4) is 0 Å². The van der Waals surface area contributed by atoms with Crippen LogP contribution in [0.2, 0.25) is 0 Å². The van der Waals surface area contributed by atoms with E-state index in [1.54, 1.807) is 4.90 Å². The number of hydrogen-bond donors (Lipinski definition) is 1. The summed E-state index contributed by atoms with van der Waals surface area (Å²) in [5.41, 5.74) is -0.959. The lowest BCUT2D eigenvalue weighted by molar-refractivity contribution is -0.181. The van der Waals surface area contributed by atoms with Gasteiger partial charge in [-0.15, -0.1) is 0 Å². The molecule has 0 radical (unpaired) electrons. The lowest BCUT2D eigenvalue weighted by atomic mass is 10.2. The third kappa shape index (κ3) is 6.38. The van der Waals surface area contributed by atoms with Gasteiger partial charge in [0, 0.05) is 39.4 Å². The predicted molar refractivity (Wildman–Crippen MR) is 94.8 cm³/mol. The number of pyridine rings is 1. The third-order valence-electron chi connectivity index (χ3n) is 4.55. The van der Waals surface area contributed by atoms with E-state index >= 15 is 0 Å². The van der Waals surface area contributed by atoms with Gasteiger partial charge in [0.15, 0.2) is 5.96 Å². The second-order valence-electron chi connectivity index (χ2n) is 6.42. The molecule has 1 N–H and O–H groups in total. The monoisotopic (exact) mass is 427 g/mol. The van der Waals surface area contributed by atoms with Crippen LogP contribution in [-0.4, -0.2) is 79.3 Å². The Morgan fingerprint density at radius 1 is 1.21 bits per heavy atom. The van der Waals surface area contributed by atoms with Gasteiger partial charge in [0.25, 0.3) is 0 Å².